The normalized spacial score (nSPS) is 15.1. The topological polar surface area (TPSA) is 84.7 Å². The van der Waals surface area contributed by atoms with Crippen LogP contribution in [0.5, 0.6) is 0 Å². The Morgan fingerprint density at radius 2 is 1.88 bits per heavy atom. The molecule has 1 aromatic carbocycles. The molecule has 0 unspecified atom stereocenters. The molecule has 1 aliphatic rings. The number of fused-ring (bicyclic) bond motifs is 1. The first-order valence-electron chi connectivity index (χ1n) is 9.04. The standard InChI is InChI=1S/C19H22N6O/c1-13-7-9-15(10-8-13)25-18-16(11-22-25)17(20-12-21-18)23-24-19(26)14-5-3-2-4-6-14/h7-12,14H,2-6H2,1H3,(H,24,26)(H,20,21,23). The number of carbonyl (C=O) groups is 1. The van der Waals surface area contributed by atoms with Gasteiger partial charge in [-0.25, -0.2) is 14.6 Å². The van der Waals surface area contributed by atoms with E-state index in [0.29, 0.717) is 11.5 Å². The molecule has 3 aromatic rings. The van der Waals surface area contributed by atoms with Gasteiger partial charge in [-0.15, -0.1) is 0 Å². The van der Waals surface area contributed by atoms with Crippen LogP contribution in [0.15, 0.2) is 36.8 Å². The Labute approximate surface area is 151 Å². The van der Waals surface area contributed by atoms with E-state index in [1.165, 1.54) is 18.3 Å². The van der Waals surface area contributed by atoms with E-state index in [2.05, 4.69) is 25.9 Å². The van der Waals surface area contributed by atoms with Gasteiger partial charge in [0.15, 0.2) is 11.5 Å². The predicted molar refractivity (Wildman–Crippen MR) is 99.7 cm³/mol. The van der Waals surface area contributed by atoms with E-state index in [0.717, 1.165) is 36.8 Å². The molecule has 0 bridgehead atoms. The fourth-order valence-electron chi connectivity index (χ4n) is 3.41. The SMILES string of the molecule is Cc1ccc(-n2ncc3c(NNC(=O)C4CCCCC4)ncnc32)cc1. The summed E-state index contributed by atoms with van der Waals surface area (Å²) in [4.78, 5) is 20.9. The van der Waals surface area contributed by atoms with Gasteiger partial charge in [0.05, 0.1) is 17.3 Å². The van der Waals surface area contributed by atoms with E-state index in [1.807, 2.05) is 31.2 Å². The molecule has 0 radical (unpaired) electrons. The van der Waals surface area contributed by atoms with Crippen LogP contribution in [-0.4, -0.2) is 25.7 Å². The molecule has 134 valence electrons. The zero-order valence-electron chi connectivity index (χ0n) is 14.8. The molecule has 0 saturated heterocycles. The average molecular weight is 350 g/mol. The van der Waals surface area contributed by atoms with Crippen molar-refractivity contribution in [2.24, 2.45) is 5.92 Å². The lowest BCUT2D eigenvalue weighted by atomic mass is 9.89. The Morgan fingerprint density at radius 3 is 2.65 bits per heavy atom. The number of nitrogens with one attached hydrogen (secondary N) is 2. The average Bonchev–Trinajstić information content (AvgIpc) is 3.12. The summed E-state index contributed by atoms with van der Waals surface area (Å²) >= 11 is 0. The van der Waals surface area contributed by atoms with E-state index >= 15 is 0 Å². The molecule has 7 nitrogen and oxygen atoms in total. The highest BCUT2D eigenvalue weighted by molar-refractivity contribution is 5.88. The van der Waals surface area contributed by atoms with Gasteiger partial charge in [0.2, 0.25) is 5.91 Å². The van der Waals surface area contributed by atoms with Crippen molar-refractivity contribution in [3.8, 4) is 5.69 Å². The van der Waals surface area contributed by atoms with E-state index in [-0.39, 0.29) is 11.8 Å². The van der Waals surface area contributed by atoms with Crippen LogP contribution in [0.3, 0.4) is 0 Å². The molecule has 1 saturated carbocycles. The second kappa shape index (κ2) is 7.11. The minimum absolute atomic E-state index is 0.0300. The highest BCUT2D eigenvalue weighted by atomic mass is 16.2. The number of hydrogen-bond acceptors (Lipinski definition) is 5. The number of hydrogen-bond donors (Lipinski definition) is 2. The number of nitrogens with zero attached hydrogens (tertiary/aromatic N) is 4. The second-order valence-electron chi connectivity index (χ2n) is 6.80. The van der Waals surface area contributed by atoms with Gasteiger partial charge in [0.1, 0.15) is 6.33 Å². The van der Waals surface area contributed by atoms with E-state index in [4.69, 9.17) is 0 Å². The number of amides is 1. The van der Waals surface area contributed by atoms with Crippen molar-refractivity contribution in [3.63, 3.8) is 0 Å². The van der Waals surface area contributed by atoms with Crippen LogP contribution in [0.2, 0.25) is 0 Å². The highest BCUT2D eigenvalue weighted by Crippen LogP contribution is 2.24. The fourth-order valence-corrected chi connectivity index (χ4v) is 3.41. The molecule has 26 heavy (non-hydrogen) atoms. The van der Waals surface area contributed by atoms with Crippen molar-refractivity contribution in [3.05, 3.63) is 42.4 Å². The predicted octanol–water partition coefficient (Wildman–Crippen LogP) is 3.15. The monoisotopic (exact) mass is 350 g/mol. The third kappa shape index (κ3) is 3.24. The molecule has 1 aliphatic carbocycles. The maximum absolute atomic E-state index is 12.3. The highest BCUT2D eigenvalue weighted by Gasteiger charge is 2.21. The van der Waals surface area contributed by atoms with Gasteiger partial charge >= 0.3 is 0 Å². The first-order valence-corrected chi connectivity index (χ1v) is 9.04. The molecule has 2 N–H and O–H groups in total. The summed E-state index contributed by atoms with van der Waals surface area (Å²) in [5, 5.41) is 5.20. The zero-order chi connectivity index (χ0) is 17.9. The quantitative estimate of drug-likeness (QED) is 0.706. The van der Waals surface area contributed by atoms with Crippen LogP contribution >= 0.6 is 0 Å². The summed E-state index contributed by atoms with van der Waals surface area (Å²) in [5.41, 5.74) is 8.57. The molecule has 0 aliphatic heterocycles. The number of hydrazine groups is 1. The Morgan fingerprint density at radius 1 is 1.12 bits per heavy atom. The summed E-state index contributed by atoms with van der Waals surface area (Å²) in [6.45, 7) is 2.05. The minimum Gasteiger partial charge on any atom is -0.281 e. The van der Waals surface area contributed by atoms with Gasteiger partial charge in [-0.3, -0.25) is 15.6 Å². The molecular weight excluding hydrogens is 328 g/mol. The number of rotatable bonds is 4. The molecule has 7 heteroatoms. The second-order valence-corrected chi connectivity index (χ2v) is 6.80. The van der Waals surface area contributed by atoms with Gasteiger partial charge in [-0.05, 0) is 31.9 Å². The molecule has 1 amide bonds. The van der Waals surface area contributed by atoms with Crippen LogP contribution in [0.1, 0.15) is 37.7 Å². The first-order chi connectivity index (χ1) is 12.7. The van der Waals surface area contributed by atoms with Crippen molar-refractivity contribution in [1.29, 1.82) is 0 Å². The van der Waals surface area contributed by atoms with Gasteiger partial charge < -0.3 is 0 Å². The maximum Gasteiger partial charge on any atom is 0.241 e. The summed E-state index contributed by atoms with van der Waals surface area (Å²) in [5.74, 6) is 0.670. The van der Waals surface area contributed by atoms with E-state index < -0.39 is 0 Å². The van der Waals surface area contributed by atoms with Crippen LogP contribution in [0, 0.1) is 12.8 Å². The third-order valence-corrected chi connectivity index (χ3v) is 4.92. The molecule has 2 heterocycles. The number of aromatic nitrogens is 4. The van der Waals surface area contributed by atoms with Crippen molar-refractivity contribution >= 4 is 22.8 Å². The summed E-state index contributed by atoms with van der Waals surface area (Å²) in [7, 11) is 0. The number of benzene rings is 1. The first kappa shape index (κ1) is 16.5. The third-order valence-electron chi connectivity index (χ3n) is 4.92. The van der Waals surface area contributed by atoms with Crippen LogP contribution < -0.4 is 10.9 Å². The van der Waals surface area contributed by atoms with Gasteiger partial charge in [-0.1, -0.05) is 37.0 Å². The van der Waals surface area contributed by atoms with E-state index in [1.54, 1.807) is 10.9 Å². The smallest absolute Gasteiger partial charge is 0.241 e. The Kier molecular flexibility index (Phi) is 4.51. The maximum atomic E-state index is 12.3. The van der Waals surface area contributed by atoms with Crippen molar-refractivity contribution in [2.45, 2.75) is 39.0 Å². The summed E-state index contributed by atoms with van der Waals surface area (Å²) in [6.07, 6.45) is 8.57. The molecule has 0 spiro atoms. The fraction of sp³-hybridized carbons (Fsp3) is 0.368. The number of aryl methyl sites for hydroxylation is 1. The Hall–Kier alpha value is -2.96. The van der Waals surface area contributed by atoms with Crippen LogP contribution in [-0.2, 0) is 4.79 Å². The molecular formula is C19H22N6O. The largest absolute Gasteiger partial charge is 0.281 e. The number of anilines is 1. The molecule has 2 aromatic heterocycles. The van der Waals surface area contributed by atoms with Crippen molar-refractivity contribution in [1.82, 2.24) is 25.2 Å². The summed E-state index contributed by atoms with van der Waals surface area (Å²) < 4.78 is 1.77. The van der Waals surface area contributed by atoms with Crippen LogP contribution in [0.4, 0.5) is 5.82 Å². The zero-order valence-corrected chi connectivity index (χ0v) is 14.8. The van der Waals surface area contributed by atoms with E-state index in [9.17, 15) is 4.79 Å². The lowest BCUT2D eigenvalue weighted by Gasteiger charge is -2.21. The molecule has 4 rings (SSSR count). The Bertz CT molecular complexity index is 911. The molecule has 1 fully saturated rings. The van der Waals surface area contributed by atoms with Gasteiger partial charge in [0.25, 0.3) is 0 Å². The Balaban J connectivity index is 1.55. The lowest BCUT2D eigenvalue weighted by molar-refractivity contribution is -0.125. The van der Waals surface area contributed by atoms with Gasteiger partial charge in [0, 0.05) is 5.92 Å². The summed E-state index contributed by atoms with van der Waals surface area (Å²) in [6, 6.07) is 8.07. The molecule has 0 atom stereocenters. The number of carbonyl (C=O) groups excluding carboxylic acids is 1. The van der Waals surface area contributed by atoms with Gasteiger partial charge in [-0.2, -0.15) is 5.10 Å². The minimum atomic E-state index is 0.0300. The lowest BCUT2D eigenvalue weighted by Crippen LogP contribution is -2.36. The van der Waals surface area contributed by atoms with Crippen LogP contribution in [0.25, 0.3) is 16.7 Å². The van der Waals surface area contributed by atoms with Crippen molar-refractivity contribution in [2.75, 3.05) is 5.43 Å². The van der Waals surface area contributed by atoms with Crippen molar-refractivity contribution < 1.29 is 4.79 Å².